The molecule has 2 aromatic rings. The average Bonchev–Trinajstić information content (AvgIpc) is 2.84. The van der Waals surface area contributed by atoms with Crippen LogP contribution in [0.25, 0.3) is 5.69 Å². The van der Waals surface area contributed by atoms with Crippen molar-refractivity contribution in [3.05, 3.63) is 57.0 Å². The number of unbranched alkanes of at least 4 members (excludes halogenated alkanes) is 7. The zero-order valence-electron chi connectivity index (χ0n) is 22.5. The van der Waals surface area contributed by atoms with Crippen molar-refractivity contribution in [3.8, 4) is 11.4 Å². The van der Waals surface area contributed by atoms with Gasteiger partial charge in [0.25, 0.3) is 0 Å². The maximum atomic E-state index is 13.1. The summed E-state index contributed by atoms with van der Waals surface area (Å²) in [6.07, 6.45) is 9.94. The molecule has 0 unspecified atom stereocenters. The minimum absolute atomic E-state index is 0.116. The molecule has 198 valence electrons. The lowest BCUT2D eigenvalue weighted by molar-refractivity contribution is 0.0519. The Labute approximate surface area is 214 Å². The number of aromatic nitrogens is 1. The zero-order valence-corrected chi connectivity index (χ0v) is 22.5. The van der Waals surface area contributed by atoms with Gasteiger partial charge in [0, 0.05) is 17.1 Å². The second-order valence-electron chi connectivity index (χ2n) is 8.84. The molecule has 0 N–H and O–H groups in total. The number of hydrogen-bond acceptors (Lipinski definition) is 6. The van der Waals surface area contributed by atoms with Gasteiger partial charge in [-0.25, -0.2) is 9.59 Å². The molecular weight excluding hydrogens is 458 g/mol. The molecule has 0 aliphatic rings. The first kappa shape index (κ1) is 29.1. The van der Waals surface area contributed by atoms with Crippen LogP contribution in [0.4, 0.5) is 0 Å². The van der Waals surface area contributed by atoms with Gasteiger partial charge in [0.2, 0.25) is 5.43 Å². The lowest BCUT2D eigenvalue weighted by Crippen LogP contribution is -2.31. The molecule has 0 saturated heterocycles. The van der Waals surface area contributed by atoms with Gasteiger partial charge in [-0.3, -0.25) is 4.79 Å². The quantitative estimate of drug-likeness (QED) is 0.210. The average molecular weight is 500 g/mol. The van der Waals surface area contributed by atoms with E-state index in [2.05, 4.69) is 6.92 Å². The van der Waals surface area contributed by atoms with Gasteiger partial charge >= 0.3 is 11.9 Å². The van der Waals surface area contributed by atoms with Crippen LogP contribution in [0.3, 0.4) is 0 Å². The third-order valence-corrected chi connectivity index (χ3v) is 6.17. The summed E-state index contributed by atoms with van der Waals surface area (Å²) in [5, 5.41) is 0. The predicted molar refractivity (Wildman–Crippen MR) is 142 cm³/mol. The molecule has 1 aromatic carbocycles. The summed E-state index contributed by atoms with van der Waals surface area (Å²) in [5.74, 6) is -0.775. The monoisotopic (exact) mass is 499 g/mol. The summed E-state index contributed by atoms with van der Waals surface area (Å²) < 4.78 is 17.8. The number of benzene rings is 1. The van der Waals surface area contributed by atoms with E-state index in [0.29, 0.717) is 23.7 Å². The SMILES string of the molecule is CCCCCCCCCCOc1ccc(-n2c(C)c(C(=O)OCC)c(=O)c(C(=O)OCC)c2C)cc1. The van der Waals surface area contributed by atoms with Crippen molar-refractivity contribution in [1.82, 2.24) is 4.57 Å². The summed E-state index contributed by atoms with van der Waals surface area (Å²) in [7, 11) is 0. The maximum absolute atomic E-state index is 13.1. The fraction of sp³-hybridized carbons (Fsp3) is 0.552. The third kappa shape index (κ3) is 7.70. The van der Waals surface area contributed by atoms with Crippen LogP contribution < -0.4 is 10.2 Å². The first-order valence-corrected chi connectivity index (χ1v) is 13.2. The Morgan fingerprint density at radius 2 is 1.19 bits per heavy atom. The second kappa shape index (κ2) is 15.1. The Kier molecular flexibility index (Phi) is 12.2. The third-order valence-electron chi connectivity index (χ3n) is 6.17. The Hall–Kier alpha value is -3.09. The van der Waals surface area contributed by atoms with Crippen molar-refractivity contribution >= 4 is 11.9 Å². The molecule has 1 heterocycles. The van der Waals surface area contributed by atoms with E-state index < -0.39 is 17.4 Å². The van der Waals surface area contributed by atoms with Crippen molar-refractivity contribution in [3.63, 3.8) is 0 Å². The van der Waals surface area contributed by atoms with Crippen LogP contribution in [0, 0.1) is 13.8 Å². The van der Waals surface area contributed by atoms with Crippen LogP contribution in [0.1, 0.15) is 104 Å². The van der Waals surface area contributed by atoms with Gasteiger partial charge in [-0.2, -0.15) is 0 Å². The molecule has 0 spiro atoms. The summed E-state index contributed by atoms with van der Waals surface area (Å²) in [6.45, 7) is 9.79. The standard InChI is InChI=1S/C29H41NO6/c1-6-9-10-11-12-13-14-15-20-36-24-18-16-23(17-19-24)30-21(4)25(28(32)34-7-2)27(31)26(22(30)5)29(33)35-8-3/h16-19H,6-15,20H2,1-5H3. The number of hydrogen-bond donors (Lipinski definition) is 0. The van der Waals surface area contributed by atoms with Crippen LogP contribution in [-0.4, -0.2) is 36.3 Å². The van der Waals surface area contributed by atoms with E-state index in [1.54, 1.807) is 32.3 Å². The van der Waals surface area contributed by atoms with Gasteiger partial charge in [0.1, 0.15) is 16.9 Å². The van der Waals surface area contributed by atoms with Gasteiger partial charge < -0.3 is 18.8 Å². The Morgan fingerprint density at radius 1 is 0.722 bits per heavy atom. The largest absolute Gasteiger partial charge is 0.494 e. The van der Waals surface area contributed by atoms with Crippen molar-refractivity contribution in [2.24, 2.45) is 0 Å². The lowest BCUT2D eigenvalue weighted by Gasteiger charge is -2.20. The molecule has 1 aromatic heterocycles. The lowest BCUT2D eigenvalue weighted by atomic mass is 10.0. The van der Waals surface area contributed by atoms with Crippen molar-refractivity contribution in [1.29, 1.82) is 0 Å². The summed E-state index contributed by atoms with van der Waals surface area (Å²) in [6, 6.07) is 7.39. The number of carbonyl (C=O) groups excluding carboxylic acids is 2. The second-order valence-corrected chi connectivity index (χ2v) is 8.84. The summed E-state index contributed by atoms with van der Waals surface area (Å²) in [4.78, 5) is 38.3. The van der Waals surface area contributed by atoms with E-state index in [-0.39, 0.29) is 24.3 Å². The number of rotatable bonds is 15. The minimum Gasteiger partial charge on any atom is -0.494 e. The van der Waals surface area contributed by atoms with Gasteiger partial charge in [0.05, 0.1) is 19.8 Å². The van der Waals surface area contributed by atoms with Crippen LogP contribution in [0.5, 0.6) is 5.75 Å². The molecule has 7 nitrogen and oxygen atoms in total. The smallest absolute Gasteiger partial charge is 0.343 e. The molecule has 36 heavy (non-hydrogen) atoms. The highest BCUT2D eigenvalue weighted by Crippen LogP contribution is 2.22. The number of nitrogens with zero attached hydrogens (tertiary/aromatic N) is 1. The van der Waals surface area contributed by atoms with E-state index in [4.69, 9.17) is 14.2 Å². The van der Waals surface area contributed by atoms with Gasteiger partial charge in [0.15, 0.2) is 0 Å². The van der Waals surface area contributed by atoms with Crippen molar-refractivity contribution in [2.45, 2.75) is 86.0 Å². The molecule has 0 amide bonds. The Morgan fingerprint density at radius 3 is 1.67 bits per heavy atom. The molecule has 0 atom stereocenters. The van der Waals surface area contributed by atoms with E-state index in [0.717, 1.165) is 18.6 Å². The molecule has 0 bridgehead atoms. The number of esters is 2. The van der Waals surface area contributed by atoms with Crippen molar-refractivity contribution in [2.75, 3.05) is 19.8 Å². The predicted octanol–water partition coefficient (Wildman–Crippen LogP) is 6.33. The maximum Gasteiger partial charge on any atom is 0.343 e. The van der Waals surface area contributed by atoms with Crippen molar-refractivity contribution < 1.29 is 23.8 Å². The molecule has 2 rings (SSSR count). The molecule has 0 fully saturated rings. The molecule has 0 saturated carbocycles. The number of ether oxygens (including phenoxy) is 3. The van der Waals surface area contributed by atoms with Crippen LogP contribution in [0.2, 0.25) is 0 Å². The van der Waals surface area contributed by atoms with Crippen LogP contribution in [0.15, 0.2) is 29.1 Å². The molecule has 0 radical (unpaired) electrons. The Balaban J connectivity index is 2.20. The molecular formula is C29H41NO6. The van der Waals surface area contributed by atoms with Crippen LogP contribution >= 0.6 is 0 Å². The topological polar surface area (TPSA) is 83.8 Å². The fourth-order valence-electron chi connectivity index (χ4n) is 4.32. The zero-order chi connectivity index (χ0) is 26.5. The highest BCUT2D eigenvalue weighted by molar-refractivity contribution is 5.96. The summed E-state index contributed by atoms with van der Waals surface area (Å²) in [5.41, 5.74) is 0.484. The minimum atomic E-state index is -0.760. The van der Waals surface area contributed by atoms with E-state index in [1.165, 1.54) is 38.5 Å². The van der Waals surface area contributed by atoms with Gasteiger partial charge in [-0.05, 0) is 58.4 Å². The normalized spacial score (nSPS) is 10.8. The molecule has 0 aliphatic heterocycles. The number of pyridine rings is 1. The summed E-state index contributed by atoms with van der Waals surface area (Å²) >= 11 is 0. The highest BCUT2D eigenvalue weighted by atomic mass is 16.5. The van der Waals surface area contributed by atoms with E-state index in [9.17, 15) is 14.4 Å². The van der Waals surface area contributed by atoms with E-state index >= 15 is 0 Å². The fourth-order valence-corrected chi connectivity index (χ4v) is 4.32. The van der Waals surface area contributed by atoms with E-state index in [1.807, 2.05) is 24.3 Å². The first-order valence-electron chi connectivity index (χ1n) is 13.2. The first-order chi connectivity index (χ1) is 17.4. The Bertz CT molecular complexity index is 1010. The highest BCUT2D eigenvalue weighted by Gasteiger charge is 2.27. The van der Waals surface area contributed by atoms with Gasteiger partial charge in [-0.1, -0.05) is 51.9 Å². The van der Waals surface area contributed by atoms with Gasteiger partial charge in [-0.15, -0.1) is 0 Å². The molecule has 7 heteroatoms. The van der Waals surface area contributed by atoms with Crippen LogP contribution in [-0.2, 0) is 9.47 Å². The molecule has 0 aliphatic carbocycles. The number of carbonyl (C=O) groups is 2.